The van der Waals surface area contributed by atoms with Gasteiger partial charge >= 0.3 is 0 Å². The van der Waals surface area contributed by atoms with E-state index < -0.39 is 0 Å². The topological polar surface area (TPSA) is 130 Å². The van der Waals surface area contributed by atoms with E-state index in [1.807, 2.05) is 12.1 Å². The highest BCUT2D eigenvalue weighted by atomic mass is 35.5. The Bertz CT molecular complexity index is 1550. The lowest BCUT2D eigenvalue weighted by Crippen LogP contribution is -2.28. The summed E-state index contributed by atoms with van der Waals surface area (Å²) in [6.45, 7) is 0.914. The third-order valence-electron chi connectivity index (χ3n) is 5.32. The summed E-state index contributed by atoms with van der Waals surface area (Å²) in [5, 5.41) is 18.3. The Kier molecular flexibility index (Phi) is 5.46. The Morgan fingerprint density at radius 3 is 3.00 bits per heavy atom. The van der Waals surface area contributed by atoms with E-state index >= 15 is 0 Å². The number of hydrogen-bond acceptors (Lipinski definition) is 7. The van der Waals surface area contributed by atoms with E-state index in [1.165, 1.54) is 10.8 Å². The number of nitrogens with zero attached hydrogens (tertiary/aromatic N) is 7. The number of hydrogen-bond donors (Lipinski definition) is 2. The highest BCUT2D eigenvalue weighted by molar-refractivity contribution is 6.33. The van der Waals surface area contributed by atoms with Crippen molar-refractivity contribution in [2.45, 2.75) is 19.4 Å². The minimum atomic E-state index is -0.199. The first kappa shape index (κ1) is 20.7. The van der Waals surface area contributed by atoms with Gasteiger partial charge in [0.2, 0.25) is 0 Å². The van der Waals surface area contributed by atoms with Crippen LogP contribution >= 0.6 is 11.6 Å². The fraction of sp³-hybridized carbons (Fsp3) is 0.182. The summed E-state index contributed by atoms with van der Waals surface area (Å²) in [4.78, 5) is 28.7. The highest BCUT2D eigenvalue weighted by Crippen LogP contribution is 2.22. The zero-order valence-corrected chi connectivity index (χ0v) is 18.1. The smallest absolute Gasteiger partial charge is 0.279 e. The molecule has 0 aliphatic carbocycles. The van der Waals surface area contributed by atoms with Crippen molar-refractivity contribution in [1.29, 1.82) is 5.26 Å². The summed E-state index contributed by atoms with van der Waals surface area (Å²) < 4.78 is 3.17. The average Bonchev–Trinajstić information content (AvgIpc) is 3.43. The van der Waals surface area contributed by atoms with Gasteiger partial charge < -0.3 is 10.3 Å². The van der Waals surface area contributed by atoms with Crippen LogP contribution in [-0.2, 0) is 13.0 Å². The lowest BCUT2D eigenvalue weighted by atomic mass is 10.2. The van der Waals surface area contributed by atoms with Crippen LogP contribution in [0, 0.1) is 11.3 Å². The van der Waals surface area contributed by atoms with Gasteiger partial charge in [0.25, 0.3) is 5.56 Å². The van der Waals surface area contributed by atoms with Gasteiger partial charge in [0.15, 0.2) is 0 Å². The SMILES string of the molecule is N#Cc1c[nH]c2ncnc(NCCCc3nn4ccc(Cl)c4c(=O)n3Cc3cccnc3)c12. The summed E-state index contributed by atoms with van der Waals surface area (Å²) in [5.74, 6) is 1.23. The van der Waals surface area contributed by atoms with Gasteiger partial charge in [-0.25, -0.2) is 14.5 Å². The van der Waals surface area contributed by atoms with Gasteiger partial charge in [-0.1, -0.05) is 17.7 Å². The Morgan fingerprint density at radius 2 is 2.18 bits per heavy atom. The number of nitrogens with one attached hydrogen (secondary N) is 2. The van der Waals surface area contributed by atoms with Gasteiger partial charge in [0.05, 0.1) is 22.5 Å². The van der Waals surface area contributed by atoms with E-state index in [0.29, 0.717) is 64.7 Å². The van der Waals surface area contributed by atoms with E-state index in [2.05, 4.69) is 36.4 Å². The number of aromatic amines is 1. The van der Waals surface area contributed by atoms with Crippen LogP contribution in [0.4, 0.5) is 5.82 Å². The van der Waals surface area contributed by atoms with Gasteiger partial charge in [-0.2, -0.15) is 10.4 Å². The molecule has 0 saturated heterocycles. The van der Waals surface area contributed by atoms with Crippen molar-refractivity contribution in [3.63, 3.8) is 0 Å². The van der Waals surface area contributed by atoms with Crippen molar-refractivity contribution < 1.29 is 0 Å². The van der Waals surface area contributed by atoms with Gasteiger partial charge in [0.1, 0.15) is 35.2 Å². The molecule has 5 heterocycles. The van der Waals surface area contributed by atoms with Crippen molar-refractivity contribution in [2.75, 3.05) is 11.9 Å². The molecule has 0 amide bonds. The molecule has 33 heavy (non-hydrogen) atoms. The fourth-order valence-corrected chi connectivity index (χ4v) is 3.99. The summed E-state index contributed by atoms with van der Waals surface area (Å²) >= 11 is 6.23. The minimum Gasteiger partial charge on any atom is -0.369 e. The lowest BCUT2D eigenvalue weighted by Gasteiger charge is -2.13. The molecule has 0 radical (unpaired) electrons. The van der Waals surface area contributed by atoms with Crippen molar-refractivity contribution in [3.8, 4) is 6.07 Å². The predicted molar refractivity (Wildman–Crippen MR) is 123 cm³/mol. The molecule has 0 fully saturated rings. The Hall–Kier alpha value is -4.23. The molecule has 10 nitrogen and oxygen atoms in total. The maximum Gasteiger partial charge on any atom is 0.279 e. The van der Waals surface area contributed by atoms with Gasteiger partial charge in [0, 0.05) is 37.8 Å². The Morgan fingerprint density at radius 1 is 1.27 bits per heavy atom. The number of anilines is 1. The van der Waals surface area contributed by atoms with E-state index in [1.54, 1.807) is 35.4 Å². The molecule has 0 unspecified atom stereocenters. The number of fused-ring (bicyclic) bond motifs is 2. The van der Waals surface area contributed by atoms with E-state index in [-0.39, 0.29) is 5.56 Å². The summed E-state index contributed by atoms with van der Waals surface area (Å²) in [6.07, 6.45) is 9.38. The summed E-state index contributed by atoms with van der Waals surface area (Å²) in [6, 6.07) is 7.55. The molecule has 5 aromatic heterocycles. The van der Waals surface area contributed by atoms with Crippen LogP contribution in [0.25, 0.3) is 16.6 Å². The number of aromatic nitrogens is 7. The predicted octanol–water partition coefficient (Wildman–Crippen LogP) is 2.78. The van der Waals surface area contributed by atoms with Crippen LogP contribution < -0.4 is 10.9 Å². The molecule has 164 valence electrons. The number of rotatable bonds is 7. The molecule has 0 bridgehead atoms. The van der Waals surface area contributed by atoms with Crippen LogP contribution in [0.5, 0.6) is 0 Å². The summed E-state index contributed by atoms with van der Waals surface area (Å²) in [5.41, 5.74) is 2.13. The quantitative estimate of drug-likeness (QED) is 0.358. The van der Waals surface area contributed by atoms with Crippen LogP contribution in [0.3, 0.4) is 0 Å². The standard InChI is InChI=1S/C22H18ClN9O/c23-16-5-8-32-19(16)22(33)31(12-14-3-1-6-25-10-14)17(30-32)4-2-7-26-20-18-15(9-24)11-27-21(18)29-13-28-20/h1,3,5-6,8,10-11,13H,2,4,7,12H2,(H2,26,27,28,29). The number of pyridine rings is 1. The highest BCUT2D eigenvalue weighted by Gasteiger charge is 2.15. The molecule has 5 aromatic rings. The molecule has 0 spiro atoms. The van der Waals surface area contributed by atoms with Crippen LogP contribution in [0.15, 0.2) is 54.1 Å². The molecule has 2 N–H and O–H groups in total. The monoisotopic (exact) mass is 459 g/mol. The first-order chi connectivity index (χ1) is 16.2. The van der Waals surface area contributed by atoms with Crippen molar-refractivity contribution in [1.82, 2.24) is 34.1 Å². The zero-order chi connectivity index (χ0) is 22.8. The largest absolute Gasteiger partial charge is 0.369 e. The summed E-state index contributed by atoms with van der Waals surface area (Å²) in [7, 11) is 0. The molecule has 11 heteroatoms. The first-order valence-corrected chi connectivity index (χ1v) is 10.6. The molecule has 0 saturated carbocycles. The maximum absolute atomic E-state index is 13.2. The minimum absolute atomic E-state index is 0.199. The maximum atomic E-state index is 13.2. The van der Waals surface area contributed by atoms with Crippen LogP contribution in [-0.4, -0.2) is 40.7 Å². The van der Waals surface area contributed by atoms with Crippen molar-refractivity contribution >= 4 is 34.0 Å². The van der Waals surface area contributed by atoms with E-state index in [4.69, 9.17) is 11.6 Å². The van der Waals surface area contributed by atoms with Gasteiger partial charge in [-0.05, 0) is 24.1 Å². The molecule has 0 aliphatic heterocycles. The number of nitriles is 1. The molecule has 0 aromatic carbocycles. The molecule has 0 aliphatic rings. The third kappa shape index (κ3) is 3.90. The van der Waals surface area contributed by atoms with Crippen molar-refractivity contribution in [2.24, 2.45) is 0 Å². The second-order valence-corrected chi connectivity index (χ2v) is 7.82. The van der Waals surface area contributed by atoms with Gasteiger partial charge in [-0.15, -0.1) is 0 Å². The molecule has 5 rings (SSSR count). The number of aryl methyl sites for hydroxylation is 1. The van der Waals surface area contributed by atoms with Crippen LogP contribution in [0.2, 0.25) is 5.02 Å². The van der Waals surface area contributed by atoms with Crippen molar-refractivity contribution in [3.05, 3.63) is 81.6 Å². The molecule has 0 atom stereocenters. The van der Waals surface area contributed by atoms with E-state index in [9.17, 15) is 10.1 Å². The van der Waals surface area contributed by atoms with Crippen LogP contribution in [0.1, 0.15) is 23.4 Å². The van der Waals surface area contributed by atoms with E-state index in [0.717, 1.165) is 5.56 Å². The molecular weight excluding hydrogens is 442 g/mol. The number of halogens is 1. The number of H-pyrrole nitrogens is 1. The average molecular weight is 460 g/mol. The zero-order valence-electron chi connectivity index (χ0n) is 17.4. The second-order valence-electron chi connectivity index (χ2n) is 7.42. The fourth-order valence-electron chi connectivity index (χ4n) is 3.77. The lowest BCUT2D eigenvalue weighted by molar-refractivity contribution is 0.618. The Labute approximate surface area is 192 Å². The van der Waals surface area contributed by atoms with Gasteiger partial charge in [-0.3, -0.25) is 14.3 Å². The molecular formula is C22H18ClN9O. The Balaban J connectivity index is 1.39. The second kappa shape index (κ2) is 8.72. The first-order valence-electron chi connectivity index (χ1n) is 10.3. The normalized spacial score (nSPS) is 11.2. The third-order valence-corrected chi connectivity index (χ3v) is 5.63.